The summed E-state index contributed by atoms with van der Waals surface area (Å²) in [7, 11) is 0. The van der Waals surface area contributed by atoms with Gasteiger partial charge >= 0.3 is 0 Å². The van der Waals surface area contributed by atoms with E-state index in [2.05, 4.69) is 32.9 Å². The minimum atomic E-state index is -0.888. The van der Waals surface area contributed by atoms with Gasteiger partial charge in [0, 0.05) is 0 Å². The first-order valence-corrected chi connectivity index (χ1v) is 12.5. The Morgan fingerprint density at radius 3 is 2.11 bits per heavy atom. The van der Waals surface area contributed by atoms with Crippen LogP contribution in [-0.4, -0.2) is 24.5 Å². The molecular formula is C30H32N2O4. The number of carbonyl (C=O) groups excluding carboxylic acids is 2. The average Bonchev–Trinajstić information content (AvgIpc) is 3.39. The van der Waals surface area contributed by atoms with Crippen molar-refractivity contribution in [1.82, 2.24) is 0 Å². The van der Waals surface area contributed by atoms with Crippen molar-refractivity contribution >= 4 is 23.2 Å². The van der Waals surface area contributed by atoms with Gasteiger partial charge in [-0.2, -0.15) is 0 Å². The number of hydrogen-bond acceptors (Lipinski definition) is 5. The molecule has 0 saturated carbocycles. The molecule has 2 aliphatic heterocycles. The molecule has 0 N–H and O–H groups in total. The van der Waals surface area contributed by atoms with Crippen molar-refractivity contribution in [3.63, 3.8) is 0 Å². The smallest absolute Gasteiger partial charge is 0.266 e. The van der Waals surface area contributed by atoms with Crippen LogP contribution in [0.25, 0.3) is 0 Å². The zero-order valence-corrected chi connectivity index (χ0v) is 21.2. The van der Waals surface area contributed by atoms with E-state index in [0.717, 1.165) is 17.7 Å². The number of ether oxygens (including phenoxy) is 1. The maximum atomic E-state index is 13.8. The predicted octanol–water partition coefficient (Wildman–Crippen LogP) is 5.82. The number of imide groups is 1. The maximum Gasteiger partial charge on any atom is 0.266 e. The SMILES string of the molecule is CCCOc1ccc(N2C(=O)[C@H]3[C@@H](c4ccc(C(C)(C)C)cc4)N(c4ccccc4)O[C@H]3C2=O)cc1. The molecule has 3 aromatic carbocycles. The van der Waals surface area contributed by atoms with Gasteiger partial charge in [0.2, 0.25) is 5.91 Å². The molecule has 2 fully saturated rings. The molecule has 6 nitrogen and oxygen atoms in total. The summed E-state index contributed by atoms with van der Waals surface area (Å²) in [5.74, 6) is -0.546. The van der Waals surface area contributed by atoms with Crippen LogP contribution in [0, 0.1) is 5.92 Å². The summed E-state index contributed by atoms with van der Waals surface area (Å²) in [6, 6.07) is 24.6. The lowest BCUT2D eigenvalue weighted by molar-refractivity contribution is -0.126. The Balaban J connectivity index is 1.50. The Hall–Kier alpha value is -3.64. The van der Waals surface area contributed by atoms with Gasteiger partial charge in [0.1, 0.15) is 11.7 Å². The van der Waals surface area contributed by atoms with Crippen LogP contribution in [0.15, 0.2) is 78.9 Å². The molecule has 0 aliphatic carbocycles. The van der Waals surface area contributed by atoms with Gasteiger partial charge in [-0.05, 0) is 59.4 Å². The summed E-state index contributed by atoms with van der Waals surface area (Å²) in [6.45, 7) is 9.16. The molecule has 2 aliphatic rings. The fourth-order valence-electron chi connectivity index (χ4n) is 4.90. The predicted molar refractivity (Wildman–Crippen MR) is 140 cm³/mol. The van der Waals surface area contributed by atoms with E-state index in [-0.39, 0.29) is 17.2 Å². The quantitative estimate of drug-likeness (QED) is 0.413. The van der Waals surface area contributed by atoms with E-state index in [1.165, 1.54) is 10.5 Å². The average molecular weight is 485 g/mol. The van der Waals surface area contributed by atoms with E-state index in [1.54, 1.807) is 29.3 Å². The van der Waals surface area contributed by atoms with Crippen LogP contribution in [-0.2, 0) is 19.8 Å². The van der Waals surface area contributed by atoms with Gasteiger partial charge in [-0.15, -0.1) is 0 Å². The fraction of sp³-hybridized carbons (Fsp3) is 0.333. The molecule has 2 amide bonds. The number of anilines is 2. The monoisotopic (exact) mass is 484 g/mol. The molecule has 36 heavy (non-hydrogen) atoms. The van der Waals surface area contributed by atoms with Crippen molar-refractivity contribution in [2.75, 3.05) is 16.6 Å². The Morgan fingerprint density at radius 1 is 0.833 bits per heavy atom. The van der Waals surface area contributed by atoms with Crippen LogP contribution >= 0.6 is 0 Å². The van der Waals surface area contributed by atoms with Crippen molar-refractivity contribution in [2.45, 2.75) is 51.7 Å². The van der Waals surface area contributed by atoms with Crippen molar-refractivity contribution < 1.29 is 19.2 Å². The van der Waals surface area contributed by atoms with Crippen LogP contribution in [0.5, 0.6) is 5.75 Å². The van der Waals surface area contributed by atoms with E-state index in [0.29, 0.717) is 18.0 Å². The largest absolute Gasteiger partial charge is 0.494 e. The molecule has 0 bridgehead atoms. The van der Waals surface area contributed by atoms with Gasteiger partial charge in [0.05, 0.1) is 24.0 Å². The number of hydrogen-bond donors (Lipinski definition) is 0. The first-order valence-electron chi connectivity index (χ1n) is 12.5. The molecule has 3 atom stereocenters. The lowest BCUT2D eigenvalue weighted by Crippen LogP contribution is -2.37. The molecule has 186 valence electrons. The Morgan fingerprint density at radius 2 is 1.50 bits per heavy atom. The highest BCUT2D eigenvalue weighted by atomic mass is 16.7. The second-order valence-corrected chi connectivity index (χ2v) is 10.4. The molecule has 2 saturated heterocycles. The minimum Gasteiger partial charge on any atom is -0.494 e. The van der Waals surface area contributed by atoms with Crippen molar-refractivity contribution in [2.24, 2.45) is 5.92 Å². The second kappa shape index (κ2) is 9.43. The molecule has 0 aromatic heterocycles. The number of nitrogens with zero attached hydrogens (tertiary/aromatic N) is 2. The van der Waals surface area contributed by atoms with Crippen LogP contribution in [0.2, 0.25) is 0 Å². The van der Waals surface area contributed by atoms with Crippen molar-refractivity contribution in [3.05, 3.63) is 90.0 Å². The lowest BCUT2D eigenvalue weighted by atomic mass is 9.84. The van der Waals surface area contributed by atoms with Gasteiger partial charge in [-0.25, -0.2) is 9.96 Å². The molecular weight excluding hydrogens is 452 g/mol. The number of rotatable bonds is 6. The van der Waals surface area contributed by atoms with Gasteiger partial charge in [0.25, 0.3) is 5.91 Å². The minimum absolute atomic E-state index is 0.00923. The molecule has 0 radical (unpaired) electrons. The number of amides is 2. The van der Waals surface area contributed by atoms with Crippen LogP contribution in [0.3, 0.4) is 0 Å². The van der Waals surface area contributed by atoms with Crippen LogP contribution in [0.4, 0.5) is 11.4 Å². The number of hydroxylamine groups is 1. The Bertz CT molecular complexity index is 1230. The van der Waals surface area contributed by atoms with E-state index >= 15 is 0 Å². The molecule has 5 rings (SSSR count). The third-order valence-electron chi connectivity index (χ3n) is 6.81. The third kappa shape index (κ3) is 4.26. The second-order valence-electron chi connectivity index (χ2n) is 10.4. The van der Waals surface area contributed by atoms with E-state index in [9.17, 15) is 9.59 Å². The maximum absolute atomic E-state index is 13.8. The first-order chi connectivity index (χ1) is 17.3. The third-order valence-corrected chi connectivity index (χ3v) is 6.81. The van der Waals surface area contributed by atoms with Gasteiger partial charge in [-0.3, -0.25) is 14.4 Å². The zero-order valence-electron chi connectivity index (χ0n) is 21.2. The van der Waals surface area contributed by atoms with Gasteiger partial charge in [-0.1, -0.05) is 70.2 Å². The zero-order chi connectivity index (χ0) is 25.4. The van der Waals surface area contributed by atoms with Crippen LogP contribution in [0.1, 0.15) is 51.3 Å². The summed E-state index contributed by atoms with van der Waals surface area (Å²) >= 11 is 0. The Labute approximate surface area is 212 Å². The van der Waals surface area contributed by atoms with Crippen LogP contribution < -0.4 is 14.7 Å². The Kier molecular flexibility index (Phi) is 6.31. The molecule has 0 unspecified atom stereocenters. The summed E-state index contributed by atoms with van der Waals surface area (Å²) in [4.78, 5) is 34.8. The standard InChI is InChI=1S/C30H32N2O4/c1-5-19-35-24-17-15-22(16-18-24)31-28(33)25-26(20-11-13-21(14-12-20)30(2,3)4)32(36-27(25)29(31)34)23-9-7-6-8-10-23/h6-18,25-27H,5,19H2,1-4H3/t25-,26+,27+/m0/s1. The van der Waals surface area contributed by atoms with Gasteiger partial charge < -0.3 is 4.74 Å². The highest BCUT2D eigenvalue weighted by Gasteiger charge is 2.60. The lowest BCUT2D eigenvalue weighted by Gasteiger charge is -2.29. The summed E-state index contributed by atoms with van der Waals surface area (Å²) < 4.78 is 5.65. The van der Waals surface area contributed by atoms with E-state index in [1.807, 2.05) is 49.4 Å². The van der Waals surface area contributed by atoms with Crippen molar-refractivity contribution in [3.8, 4) is 5.75 Å². The fourth-order valence-corrected chi connectivity index (χ4v) is 4.90. The number of benzene rings is 3. The topological polar surface area (TPSA) is 59.1 Å². The first kappa shape index (κ1) is 24.1. The summed E-state index contributed by atoms with van der Waals surface area (Å²) in [5, 5.41) is 1.73. The molecule has 0 spiro atoms. The normalized spacial score (nSPS) is 21.7. The van der Waals surface area contributed by atoms with E-state index in [4.69, 9.17) is 9.57 Å². The molecule has 2 heterocycles. The van der Waals surface area contributed by atoms with E-state index < -0.39 is 18.1 Å². The molecule has 3 aromatic rings. The van der Waals surface area contributed by atoms with Crippen molar-refractivity contribution in [1.29, 1.82) is 0 Å². The summed E-state index contributed by atoms with van der Waals surface area (Å²) in [5.41, 5.74) is 3.48. The number of para-hydroxylation sites is 1. The molecule has 6 heteroatoms. The number of fused-ring (bicyclic) bond motifs is 1. The highest BCUT2D eigenvalue weighted by molar-refractivity contribution is 6.23. The van der Waals surface area contributed by atoms with Gasteiger partial charge in [0.15, 0.2) is 6.10 Å². The highest BCUT2D eigenvalue weighted by Crippen LogP contribution is 2.47. The number of carbonyl (C=O) groups is 2. The summed E-state index contributed by atoms with van der Waals surface area (Å²) in [6.07, 6.45) is 0.0164.